The first-order valence-corrected chi connectivity index (χ1v) is 21.7. The number of benzene rings is 8. The van der Waals surface area contributed by atoms with E-state index in [2.05, 4.69) is 176 Å². The molecule has 0 aliphatic carbocycles. The van der Waals surface area contributed by atoms with Crippen LogP contribution < -0.4 is 15.3 Å². The smallest absolute Gasteiger partial charge is 0.137 e. The van der Waals surface area contributed by atoms with Crippen LogP contribution in [0.3, 0.4) is 0 Å². The minimum Gasteiger partial charge on any atom is -0.456 e. The van der Waals surface area contributed by atoms with Crippen molar-refractivity contribution in [2.75, 3.05) is 4.90 Å². The Morgan fingerprint density at radius 1 is 0.481 bits per heavy atom. The molecule has 0 atom stereocenters. The van der Waals surface area contributed by atoms with Crippen LogP contribution in [-0.4, -0.2) is 8.07 Å². The second kappa shape index (κ2) is 11.0. The second-order valence-corrected chi connectivity index (χ2v) is 19.9. The molecule has 2 nitrogen and oxygen atoms in total. The van der Waals surface area contributed by atoms with E-state index in [-0.39, 0.29) is 0 Å². The predicted molar refractivity (Wildman–Crippen MR) is 226 cm³/mol. The average molecular weight is 700 g/mol. The highest BCUT2D eigenvalue weighted by Crippen LogP contribution is 2.45. The van der Waals surface area contributed by atoms with E-state index in [9.17, 15) is 0 Å². The minimum absolute atomic E-state index is 0.893. The van der Waals surface area contributed by atoms with Gasteiger partial charge in [0.25, 0.3) is 0 Å². The molecule has 1 aliphatic rings. The van der Waals surface area contributed by atoms with Gasteiger partial charge in [0.05, 0.1) is 0 Å². The monoisotopic (exact) mass is 699 g/mol. The molecule has 0 amide bonds. The highest BCUT2D eigenvalue weighted by Gasteiger charge is 2.39. The van der Waals surface area contributed by atoms with Crippen molar-refractivity contribution in [2.45, 2.75) is 13.1 Å². The molecular weight excluding hydrogens is 667 g/mol. The lowest BCUT2D eigenvalue weighted by molar-refractivity contribution is 0.669. The summed E-state index contributed by atoms with van der Waals surface area (Å²) in [6.07, 6.45) is 0. The number of hydrogen-bond acceptors (Lipinski definition) is 3. The molecule has 3 heterocycles. The molecule has 2 aromatic heterocycles. The fourth-order valence-corrected chi connectivity index (χ4v) is 13.0. The van der Waals surface area contributed by atoms with E-state index in [1.54, 1.807) is 0 Å². The third-order valence-electron chi connectivity index (χ3n) is 11.2. The molecule has 4 heteroatoms. The number of anilines is 3. The largest absolute Gasteiger partial charge is 0.456 e. The number of fused-ring (bicyclic) bond motifs is 11. The van der Waals surface area contributed by atoms with Crippen molar-refractivity contribution >= 4 is 99.7 Å². The van der Waals surface area contributed by atoms with Gasteiger partial charge in [-0.15, -0.1) is 11.3 Å². The summed E-state index contributed by atoms with van der Waals surface area (Å²) in [5.74, 6) is 0. The summed E-state index contributed by atoms with van der Waals surface area (Å²) >= 11 is 1.94. The van der Waals surface area contributed by atoms with E-state index in [1.165, 1.54) is 63.6 Å². The summed E-state index contributed by atoms with van der Waals surface area (Å²) in [6.45, 7) is 5.04. The van der Waals surface area contributed by atoms with Crippen LogP contribution in [-0.2, 0) is 0 Å². The molecule has 0 bridgehead atoms. The van der Waals surface area contributed by atoms with Crippen LogP contribution in [0.25, 0.3) is 75.1 Å². The van der Waals surface area contributed by atoms with Crippen LogP contribution in [0, 0.1) is 0 Å². The van der Waals surface area contributed by atoms with E-state index in [0.29, 0.717) is 0 Å². The van der Waals surface area contributed by atoms with Gasteiger partial charge in [-0.05, 0) is 98.0 Å². The Kier molecular flexibility index (Phi) is 6.31. The summed E-state index contributed by atoms with van der Waals surface area (Å²) in [5.41, 5.74) is 10.4. The SMILES string of the molecule is C[Si]1(C)c2cc(N(c3cccc(-c4ccc5ccccc5c4)c3)c3ccc4c(c3)oc3ccccc34)ccc2-c2c1ccc1c2sc2ccccc21. The topological polar surface area (TPSA) is 16.4 Å². The lowest BCUT2D eigenvalue weighted by Crippen LogP contribution is -2.49. The molecule has 1 aliphatic heterocycles. The highest BCUT2D eigenvalue weighted by atomic mass is 32.1. The summed E-state index contributed by atoms with van der Waals surface area (Å²) in [4.78, 5) is 2.42. The molecule has 8 aromatic carbocycles. The molecule has 11 rings (SSSR count). The Bertz CT molecular complexity index is 3080. The third-order valence-corrected chi connectivity index (χ3v) is 16.0. The van der Waals surface area contributed by atoms with Gasteiger partial charge >= 0.3 is 0 Å². The number of thiophene rings is 1. The fourth-order valence-electron chi connectivity index (χ4n) is 8.62. The van der Waals surface area contributed by atoms with E-state index < -0.39 is 8.07 Å². The quantitative estimate of drug-likeness (QED) is 0.170. The van der Waals surface area contributed by atoms with Crippen LogP contribution in [0.4, 0.5) is 17.1 Å². The van der Waals surface area contributed by atoms with Crippen LogP contribution in [0.2, 0.25) is 13.1 Å². The van der Waals surface area contributed by atoms with E-state index in [1.807, 2.05) is 17.4 Å². The molecule has 52 heavy (non-hydrogen) atoms. The van der Waals surface area contributed by atoms with Crippen LogP contribution >= 0.6 is 11.3 Å². The van der Waals surface area contributed by atoms with Crippen LogP contribution in [0.1, 0.15) is 0 Å². The molecule has 0 saturated heterocycles. The van der Waals surface area contributed by atoms with Gasteiger partial charge in [0.1, 0.15) is 19.2 Å². The van der Waals surface area contributed by atoms with Crippen LogP contribution in [0.15, 0.2) is 168 Å². The summed E-state index contributed by atoms with van der Waals surface area (Å²) in [5, 5.41) is 10.5. The average Bonchev–Trinajstić information content (AvgIpc) is 3.82. The maximum Gasteiger partial charge on any atom is 0.137 e. The maximum atomic E-state index is 6.45. The van der Waals surface area contributed by atoms with Gasteiger partial charge in [-0.2, -0.15) is 0 Å². The van der Waals surface area contributed by atoms with E-state index >= 15 is 0 Å². The van der Waals surface area contributed by atoms with Gasteiger partial charge in [0.15, 0.2) is 0 Å². The Labute approximate surface area is 306 Å². The summed E-state index contributed by atoms with van der Waals surface area (Å²) < 4.78 is 9.22. The van der Waals surface area contributed by atoms with Gasteiger partial charge in [-0.25, -0.2) is 0 Å². The third kappa shape index (κ3) is 4.35. The fraction of sp³-hybridized carbons (Fsp3) is 0.0417. The van der Waals surface area contributed by atoms with Gasteiger partial charge in [-0.3, -0.25) is 0 Å². The molecule has 10 aromatic rings. The lowest BCUT2D eigenvalue weighted by Gasteiger charge is -2.28. The first-order chi connectivity index (χ1) is 25.5. The first kappa shape index (κ1) is 29.8. The Hall–Kier alpha value is -5.94. The molecule has 0 radical (unpaired) electrons. The van der Waals surface area contributed by atoms with Crippen molar-refractivity contribution in [1.29, 1.82) is 0 Å². The Morgan fingerprint density at radius 2 is 1.19 bits per heavy atom. The van der Waals surface area contributed by atoms with E-state index in [4.69, 9.17) is 4.42 Å². The highest BCUT2D eigenvalue weighted by molar-refractivity contribution is 7.26. The Balaban J connectivity index is 1.11. The normalized spacial score (nSPS) is 13.3. The zero-order valence-electron chi connectivity index (χ0n) is 28.9. The zero-order valence-corrected chi connectivity index (χ0v) is 30.7. The predicted octanol–water partition coefficient (Wildman–Crippen LogP) is 13.0. The standard InChI is InChI=1S/C48H33NOSSi/c1-52(2)45-25-24-40-39-15-6-8-17-44(39)51-48(40)47(45)41-23-21-36(29-46(41)52)49(35-20-22-38-37-14-5-7-16-42(37)50-43(38)28-35)34-13-9-12-32(27-34)33-19-18-30-10-3-4-11-31(30)26-33/h3-29H,1-2H3. The van der Waals surface area contributed by atoms with Crippen molar-refractivity contribution in [3.63, 3.8) is 0 Å². The molecule has 0 unspecified atom stereocenters. The second-order valence-electron chi connectivity index (χ2n) is 14.5. The molecule has 0 spiro atoms. The van der Waals surface area contributed by atoms with Gasteiger partial charge in [0.2, 0.25) is 0 Å². The van der Waals surface area contributed by atoms with Gasteiger partial charge < -0.3 is 9.32 Å². The molecule has 0 N–H and O–H groups in total. The summed E-state index contributed by atoms with van der Waals surface area (Å²) in [7, 11) is -2.02. The van der Waals surface area contributed by atoms with Crippen molar-refractivity contribution in [3.05, 3.63) is 164 Å². The molecule has 0 saturated carbocycles. The molecular formula is C48H33NOSSi. The zero-order chi connectivity index (χ0) is 34.6. The number of furan rings is 1. The molecule has 246 valence electrons. The number of hydrogen-bond donors (Lipinski definition) is 0. The van der Waals surface area contributed by atoms with Crippen LogP contribution in [0.5, 0.6) is 0 Å². The Morgan fingerprint density at radius 3 is 2.12 bits per heavy atom. The van der Waals surface area contributed by atoms with Crippen molar-refractivity contribution in [3.8, 4) is 22.3 Å². The number of para-hydroxylation sites is 1. The summed E-state index contributed by atoms with van der Waals surface area (Å²) in [6, 6.07) is 60.2. The lowest BCUT2D eigenvalue weighted by atomic mass is 10.00. The van der Waals surface area contributed by atoms with Crippen molar-refractivity contribution in [1.82, 2.24) is 0 Å². The minimum atomic E-state index is -2.02. The number of nitrogens with zero attached hydrogens (tertiary/aromatic N) is 1. The maximum absolute atomic E-state index is 6.45. The van der Waals surface area contributed by atoms with Gasteiger partial charge in [-0.1, -0.05) is 116 Å². The van der Waals surface area contributed by atoms with Gasteiger partial charge in [0, 0.05) is 54.1 Å². The first-order valence-electron chi connectivity index (χ1n) is 17.9. The van der Waals surface area contributed by atoms with Crippen molar-refractivity contribution in [2.24, 2.45) is 0 Å². The van der Waals surface area contributed by atoms with E-state index in [0.717, 1.165) is 39.0 Å². The molecule has 0 fully saturated rings. The number of rotatable bonds is 4. The van der Waals surface area contributed by atoms with Crippen molar-refractivity contribution < 1.29 is 4.42 Å².